The minimum atomic E-state index is -0.405. The second-order valence-electron chi connectivity index (χ2n) is 7.17. The fraction of sp³-hybridized carbons (Fsp3) is 0.273. The van der Waals surface area contributed by atoms with Crippen molar-refractivity contribution in [3.05, 3.63) is 70.4 Å². The van der Waals surface area contributed by atoms with Crippen LogP contribution in [0, 0.1) is 17.0 Å². The summed E-state index contributed by atoms with van der Waals surface area (Å²) in [6.07, 6.45) is 0. The van der Waals surface area contributed by atoms with Crippen LogP contribution in [-0.4, -0.2) is 48.2 Å². The van der Waals surface area contributed by atoms with Crippen LogP contribution >= 0.6 is 0 Å². The molecule has 4 rings (SSSR count). The van der Waals surface area contributed by atoms with Gasteiger partial charge >= 0.3 is 0 Å². The number of methoxy groups -OCH3 is 1. The zero-order chi connectivity index (χ0) is 21.1. The first kappa shape index (κ1) is 19.6. The molecule has 0 saturated carbocycles. The van der Waals surface area contributed by atoms with Crippen molar-refractivity contribution in [1.29, 1.82) is 0 Å². The van der Waals surface area contributed by atoms with Crippen LogP contribution in [0.1, 0.15) is 5.69 Å². The lowest BCUT2D eigenvalue weighted by Gasteiger charge is -2.37. The van der Waals surface area contributed by atoms with Crippen LogP contribution in [0.15, 0.2) is 54.6 Å². The molecule has 0 spiro atoms. The van der Waals surface area contributed by atoms with E-state index in [0.29, 0.717) is 11.4 Å². The fourth-order valence-electron chi connectivity index (χ4n) is 3.60. The van der Waals surface area contributed by atoms with Crippen molar-refractivity contribution in [3.63, 3.8) is 0 Å². The molecule has 154 valence electrons. The Bertz CT molecular complexity index is 1060. The number of anilines is 2. The first-order valence-corrected chi connectivity index (χ1v) is 9.78. The third-order valence-corrected chi connectivity index (χ3v) is 5.18. The SMILES string of the molecule is COc1cccc(N2CCN(c3cc(C)nc(-c4cccc([N+](=O)[O-])c4)n3)CC2)c1. The van der Waals surface area contributed by atoms with Gasteiger partial charge in [0.15, 0.2) is 5.82 Å². The standard InChI is InChI=1S/C22H23N5O3/c1-16-13-21(24-22(23-16)17-5-3-7-19(14-17)27(28)29)26-11-9-25(10-12-26)18-6-4-8-20(15-18)30-2/h3-8,13-15H,9-12H2,1-2H3. The largest absolute Gasteiger partial charge is 0.497 e. The van der Waals surface area contributed by atoms with Crippen molar-refractivity contribution in [3.8, 4) is 17.1 Å². The number of piperazine rings is 1. The molecular formula is C22H23N5O3. The van der Waals surface area contributed by atoms with Crippen LogP contribution in [0.3, 0.4) is 0 Å². The molecule has 1 fully saturated rings. The lowest BCUT2D eigenvalue weighted by Crippen LogP contribution is -2.46. The fourth-order valence-corrected chi connectivity index (χ4v) is 3.60. The highest BCUT2D eigenvalue weighted by molar-refractivity contribution is 5.61. The molecule has 0 amide bonds. The van der Waals surface area contributed by atoms with Gasteiger partial charge in [0.05, 0.1) is 12.0 Å². The summed E-state index contributed by atoms with van der Waals surface area (Å²) in [6, 6.07) is 16.5. The predicted octanol–water partition coefficient (Wildman–Crippen LogP) is 3.70. The Morgan fingerprint density at radius 3 is 2.43 bits per heavy atom. The molecule has 1 aromatic heterocycles. The summed E-state index contributed by atoms with van der Waals surface area (Å²) in [5.74, 6) is 2.20. The van der Waals surface area contributed by atoms with Crippen molar-refractivity contribution in [2.75, 3.05) is 43.1 Å². The van der Waals surface area contributed by atoms with Crippen molar-refractivity contribution >= 4 is 17.2 Å². The third kappa shape index (κ3) is 4.17. The number of aryl methyl sites for hydroxylation is 1. The summed E-state index contributed by atoms with van der Waals surface area (Å²) in [5, 5.41) is 11.1. The Labute approximate surface area is 174 Å². The molecule has 0 atom stereocenters. The number of hydrogen-bond acceptors (Lipinski definition) is 7. The smallest absolute Gasteiger partial charge is 0.270 e. The van der Waals surface area contributed by atoms with Crippen LogP contribution < -0.4 is 14.5 Å². The number of rotatable bonds is 5. The molecule has 8 nitrogen and oxygen atoms in total. The maximum atomic E-state index is 11.1. The normalized spacial score (nSPS) is 13.9. The molecule has 30 heavy (non-hydrogen) atoms. The van der Waals surface area contributed by atoms with E-state index in [1.807, 2.05) is 31.2 Å². The molecule has 0 aliphatic carbocycles. The van der Waals surface area contributed by atoms with Gasteiger partial charge in [0.1, 0.15) is 11.6 Å². The van der Waals surface area contributed by atoms with Crippen molar-refractivity contribution in [2.45, 2.75) is 6.92 Å². The monoisotopic (exact) mass is 405 g/mol. The second kappa shape index (κ2) is 8.36. The van der Waals surface area contributed by atoms with Gasteiger partial charge in [-0.1, -0.05) is 18.2 Å². The van der Waals surface area contributed by atoms with Gasteiger partial charge in [-0.05, 0) is 19.1 Å². The maximum Gasteiger partial charge on any atom is 0.270 e. The minimum Gasteiger partial charge on any atom is -0.497 e. The highest BCUT2D eigenvalue weighted by atomic mass is 16.6. The van der Waals surface area contributed by atoms with E-state index in [2.05, 4.69) is 20.9 Å². The van der Waals surface area contributed by atoms with E-state index in [1.54, 1.807) is 19.2 Å². The molecule has 1 aliphatic rings. The Kier molecular flexibility index (Phi) is 5.47. The quantitative estimate of drug-likeness (QED) is 0.473. The molecule has 3 aromatic rings. The first-order chi connectivity index (χ1) is 14.5. The first-order valence-electron chi connectivity index (χ1n) is 9.78. The average Bonchev–Trinajstić information content (AvgIpc) is 2.79. The summed E-state index contributed by atoms with van der Waals surface area (Å²) in [5.41, 5.74) is 2.65. The molecule has 1 aliphatic heterocycles. The van der Waals surface area contributed by atoms with Crippen LogP contribution in [-0.2, 0) is 0 Å². The van der Waals surface area contributed by atoms with Gasteiger partial charge in [0, 0.05) is 67.4 Å². The summed E-state index contributed by atoms with van der Waals surface area (Å²) in [7, 11) is 1.67. The predicted molar refractivity (Wildman–Crippen MR) is 116 cm³/mol. The Morgan fingerprint density at radius 2 is 1.70 bits per heavy atom. The Hall–Kier alpha value is -3.68. The van der Waals surface area contributed by atoms with Gasteiger partial charge in [0.2, 0.25) is 0 Å². The maximum absolute atomic E-state index is 11.1. The van der Waals surface area contributed by atoms with Crippen LogP contribution in [0.4, 0.5) is 17.2 Å². The molecule has 0 radical (unpaired) electrons. The molecule has 2 heterocycles. The number of hydrogen-bond donors (Lipinski definition) is 0. The van der Waals surface area contributed by atoms with E-state index in [9.17, 15) is 10.1 Å². The van der Waals surface area contributed by atoms with Gasteiger partial charge < -0.3 is 14.5 Å². The van der Waals surface area contributed by atoms with Crippen molar-refractivity contribution in [1.82, 2.24) is 9.97 Å². The van der Waals surface area contributed by atoms with Gasteiger partial charge in [-0.2, -0.15) is 0 Å². The second-order valence-corrected chi connectivity index (χ2v) is 7.17. The van der Waals surface area contributed by atoms with Crippen LogP contribution in [0.5, 0.6) is 5.75 Å². The van der Waals surface area contributed by atoms with Gasteiger partial charge in [-0.3, -0.25) is 10.1 Å². The zero-order valence-corrected chi connectivity index (χ0v) is 17.0. The van der Waals surface area contributed by atoms with E-state index < -0.39 is 4.92 Å². The lowest BCUT2D eigenvalue weighted by atomic mass is 10.2. The zero-order valence-electron chi connectivity index (χ0n) is 17.0. The number of nitro groups is 1. The van der Waals surface area contributed by atoms with E-state index in [0.717, 1.165) is 49.1 Å². The van der Waals surface area contributed by atoms with E-state index in [4.69, 9.17) is 9.72 Å². The van der Waals surface area contributed by atoms with Gasteiger partial charge in [-0.15, -0.1) is 0 Å². The van der Waals surface area contributed by atoms with Gasteiger partial charge in [0.25, 0.3) is 5.69 Å². The summed E-state index contributed by atoms with van der Waals surface area (Å²) < 4.78 is 5.33. The van der Waals surface area contributed by atoms with Gasteiger partial charge in [-0.25, -0.2) is 9.97 Å². The molecule has 8 heteroatoms. The molecule has 2 aromatic carbocycles. The van der Waals surface area contributed by atoms with E-state index >= 15 is 0 Å². The average molecular weight is 405 g/mol. The number of ether oxygens (including phenoxy) is 1. The Morgan fingerprint density at radius 1 is 0.967 bits per heavy atom. The summed E-state index contributed by atoms with van der Waals surface area (Å²) in [4.78, 5) is 24.5. The topological polar surface area (TPSA) is 84.6 Å². The van der Waals surface area contributed by atoms with E-state index in [1.165, 1.54) is 12.1 Å². The highest BCUT2D eigenvalue weighted by Gasteiger charge is 2.20. The number of nitro benzene ring substituents is 1. The third-order valence-electron chi connectivity index (χ3n) is 5.18. The minimum absolute atomic E-state index is 0.0334. The highest BCUT2D eigenvalue weighted by Crippen LogP contribution is 2.26. The lowest BCUT2D eigenvalue weighted by molar-refractivity contribution is -0.384. The molecule has 0 bridgehead atoms. The number of aromatic nitrogens is 2. The number of benzene rings is 2. The summed E-state index contributed by atoms with van der Waals surface area (Å²) in [6.45, 7) is 5.29. The van der Waals surface area contributed by atoms with Crippen LogP contribution in [0.2, 0.25) is 0 Å². The van der Waals surface area contributed by atoms with E-state index in [-0.39, 0.29) is 5.69 Å². The van der Waals surface area contributed by atoms with Crippen LogP contribution in [0.25, 0.3) is 11.4 Å². The Balaban J connectivity index is 1.53. The number of nitrogens with zero attached hydrogens (tertiary/aromatic N) is 5. The van der Waals surface area contributed by atoms with Crippen molar-refractivity contribution < 1.29 is 9.66 Å². The summed E-state index contributed by atoms with van der Waals surface area (Å²) >= 11 is 0. The molecule has 1 saturated heterocycles. The molecular weight excluding hydrogens is 382 g/mol. The number of non-ortho nitro benzene ring substituents is 1. The molecule has 0 N–H and O–H groups in total. The van der Waals surface area contributed by atoms with Crippen molar-refractivity contribution in [2.24, 2.45) is 0 Å². The molecule has 0 unspecified atom stereocenters.